The minimum Gasteiger partial charge on any atom is -0.493 e. The highest BCUT2D eigenvalue weighted by molar-refractivity contribution is 6.11. The third kappa shape index (κ3) is 6.11. The number of carbonyl (C=O) groups is 3. The number of aryl methyl sites for hydroxylation is 1. The Kier molecular flexibility index (Phi) is 8.26. The van der Waals surface area contributed by atoms with Gasteiger partial charge in [0, 0.05) is 54.7 Å². The smallest absolute Gasteiger partial charge is 0.259 e. The van der Waals surface area contributed by atoms with Crippen LogP contribution in [0.15, 0.2) is 79.0 Å². The number of carbonyl (C=O) groups excluding carboxylic acids is 3. The molecule has 6 rings (SSSR count). The third-order valence-electron chi connectivity index (χ3n) is 8.38. The first-order valence-electron chi connectivity index (χ1n) is 15.1. The fourth-order valence-corrected chi connectivity index (χ4v) is 6.09. The molecule has 0 saturated carbocycles. The largest absolute Gasteiger partial charge is 0.493 e. The minimum atomic E-state index is -0.248. The highest BCUT2D eigenvalue weighted by Gasteiger charge is 2.36. The van der Waals surface area contributed by atoms with Crippen LogP contribution in [0.2, 0.25) is 0 Å². The lowest BCUT2D eigenvalue weighted by Crippen LogP contribution is -2.26. The molecule has 0 bridgehead atoms. The average molecular weight is 605 g/mol. The summed E-state index contributed by atoms with van der Waals surface area (Å²) in [4.78, 5) is 46.2. The standard InChI is InChI=1S/C36H36N4O5/c1-22(10-11-25-8-6-5-7-9-25)45-33-17-28(13-15-32(33)44-4)40-23(2)29-14-12-26(16-31(29)36(40)43)20-39-21-27-19-37-34(38-24(3)41)18-30(27)35(39)42/h5-9,12-19,22-23H,10-11,20-21H2,1-4H3,(H,37,38,41). The monoisotopic (exact) mass is 604 g/mol. The maximum absolute atomic E-state index is 13.8. The van der Waals surface area contributed by atoms with Crippen molar-refractivity contribution >= 4 is 29.2 Å². The second-order valence-corrected chi connectivity index (χ2v) is 11.6. The van der Waals surface area contributed by atoms with Gasteiger partial charge in [-0.05, 0) is 67.6 Å². The Labute approximate surface area is 262 Å². The van der Waals surface area contributed by atoms with E-state index in [0.29, 0.717) is 41.5 Å². The van der Waals surface area contributed by atoms with Gasteiger partial charge in [-0.3, -0.25) is 14.4 Å². The zero-order chi connectivity index (χ0) is 31.7. The van der Waals surface area contributed by atoms with Crippen molar-refractivity contribution in [3.05, 3.63) is 112 Å². The molecule has 3 heterocycles. The van der Waals surface area contributed by atoms with Gasteiger partial charge in [-0.25, -0.2) is 4.98 Å². The van der Waals surface area contributed by atoms with Gasteiger partial charge >= 0.3 is 0 Å². The summed E-state index contributed by atoms with van der Waals surface area (Å²) >= 11 is 0. The number of benzene rings is 3. The summed E-state index contributed by atoms with van der Waals surface area (Å²) < 4.78 is 11.9. The molecule has 3 aromatic carbocycles. The Hall–Kier alpha value is -5.18. The van der Waals surface area contributed by atoms with Crippen molar-refractivity contribution in [2.75, 3.05) is 17.3 Å². The normalized spacial score (nSPS) is 16.0. The summed E-state index contributed by atoms with van der Waals surface area (Å²) in [5.41, 5.74) is 5.72. The molecule has 9 nitrogen and oxygen atoms in total. The fourth-order valence-electron chi connectivity index (χ4n) is 6.09. The molecule has 9 heteroatoms. The van der Waals surface area contributed by atoms with Gasteiger partial charge in [0.1, 0.15) is 5.82 Å². The first-order valence-corrected chi connectivity index (χ1v) is 15.1. The number of fused-ring (bicyclic) bond motifs is 2. The quantitative estimate of drug-likeness (QED) is 0.227. The molecule has 3 amide bonds. The molecule has 1 N–H and O–H groups in total. The Balaban J connectivity index is 1.17. The highest BCUT2D eigenvalue weighted by Crippen LogP contribution is 2.41. The molecular formula is C36H36N4O5. The maximum Gasteiger partial charge on any atom is 0.259 e. The number of amides is 3. The van der Waals surface area contributed by atoms with E-state index in [1.807, 2.05) is 68.4 Å². The van der Waals surface area contributed by atoms with Crippen molar-refractivity contribution in [2.45, 2.75) is 58.8 Å². The van der Waals surface area contributed by atoms with Crippen LogP contribution >= 0.6 is 0 Å². The number of hydrogen-bond acceptors (Lipinski definition) is 6. The van der Waals surface area contributed by atoms with E-state index in [2.05, 4.69) is 22.4 Å². The molecule has 2 atom stereocenters. The second kappa shape index (κ2) is 12.4. The van der Waals surface area contributed by atoms with E-state index in [4.69, 9.17) is 9.47 Å². The van der Waals surface area contributed by atoms with Crippen LogP contribution in [0.25, 0.3) is 0 Å². The van der Waals surface area contributed by atoms with Gasteiger partial charge in [-0.2, -0.15) is 0 Å². The van der Waals surface area contributed by atoms with Crippen LogP contribution in [0, 0.1) is 0 Å². The van der Waals surface area contributed by atoms with E-state index in [0.717, 1.165) is 35.2 Å². The Morgan fingerprint density at radius 1 is 0.978 bits per heavy atom. The Bertz CT molecular complexity index is 1770. The van der Waals surface area contributed by atoms with E-state index in [-0.39, 0.29) is 29.9 Å². The Morgan fingerprint density at radius 2 is 1.78 bits per heavy atom. The summed E-state index contributed by atoms with van der Waals surface area (Å²) in [6.45, 7) is 6.21. The SMILES string of the molecule is COc1ccc(N2C(=O)c3cc(CN4Cc5cnc(NC(C)=O)cc5C4=O)ccc3C2C)cc1OC(C)CCc1ccccc1. The number of nitrogens with one attached hydrogen (secondary N) is 1. The molecular weight excluding hydrogens is 568 g/mol. The van der Waals surface area contributed by atoms with Gasteiger partial charge in [-0.1, -0.05) is 42.5 Å². The number of pyridine rings is 1. The average Bonchev–Trinajstić information content (AvgIpc) is 3.47. The molecule has 4 aromatic rings. The summed E-state index contributed by atoms with van der Waals surface area (Å²) in [6.07, 6.45) is 3.30. The van der Waals surface area contributed by atoms with Crippen molar-refractivity contribution in [2.24, 2.45) is 0 Å². The van der Waals surface area contributed by atoms with Crippen LogP contribution in [0.4, 0.5) is 11.5 Å². The third-order valence-corrected chi connectivity index (χ3v) is 8.38. The van der Waals surface area contributed by atoms with Gasteiger partial charge in [0.25, 0.3) is 11.8 Å². The van der Waals surface area contributed by atoms with Gasteiger partial charge < -0.3 is 24.6 Å². The predicted octanol–water partition coefficient (Wildman–Crippen LogP) is 6.33. The van der Waals surface area contributed by atoms with E-state index >= 15 is 0 Å². The van der Waals surface area contributed by atoms with Crippen LogP contribution < -0.4 is 19.7 Å². The number of aromatic nitrogens is 1. The first kappa shape index (κ1) is 29.9. The van der Waals surface area contributed by atoms with Gasteiger partial charge in [0.05, 0.1) is 19.3 Å². The second-order valence-electron chi connectivity index (χ2n) is 11.6. The molecule has 2 aliphatic rings. The van der Waals surface area contributed by atoms with Gasteiger partial charge in [-0.15, -0.1) is 0 Å². The van der Waals surface area contributed by atoms with Crippen LogP contribution in [0.5, 0.6) is 11.5 Å². The van der Waals surface area contributed by atoms with E-state index in [1.54, 1.807) is 29.2 Å². The highest BCUT2D eigenvalue weighted by atomic mass is 16.5. The van der Waals surface area contributed by atoms with Crippen LogP contribution in [0.3, 0.4) is 0 Å². The van der Waals surface area contributed by atoms with Crippen LogP contribution in [-0.2, 0) is 24.3 Å². The molecule has 2 unspecified atom stereocenters. The molecule has 0 radical (unpaired) electrons. The van der Waals surface area contributed by atoms with Crippen molar-refractivity contribution in [1.82, 2.24) is 9.88 Å². The topological polar surface area (TPSA) is 101 Å². The lowest BCUT2D eigenvalue weighted by Gasteiger charge is -2.24. The number of ether oxygens (including phenoxy) is 2. The van der Waals surface area contributed by atoms with E-state index < -0.39 is 0 Å². The summed E-state index contributed by atoms with van der Waals surface area (Å²) in [7, 11) is 1.61. The molecule has 0 saturated heterocycles. The predicted molar refractivity (Wildman–Crippen MR) is 172 cm³/mol. The molecule has 0 fully saturated rings. The molecule has 0 spiro atoms. The number of rotatable bonds is 10. The van der Waals surface area contributed by atoms with Crippen molar-refractivity contribution in [3.63, 3.8) is 0 Å². The van der Waals surface area contributed by atoms with Crippen molar-refractivity contribution in [3.8, 4) is 11.5 Å². The lowest BCUT2D eigenvalue weighted by molar-refractivity contribution is -0.114. The summed E-state index contributed by atoms with van der Waals surface area (Å²) in [5, 5.41) is 2.63. The van der Waals surface area contributed by atoms with Gasteiger partial charge in [0.15, 0.2) is 11.5 Å². The van der Waals surface area contributed by atoms with Crippen LogP contribution in [-0.4, -0.2) is 40.8 Å². The zero-order valence-corrected chi connectivity index (χ0v) is 25.9. The van der Waals surface area contributed by atoms with Crippen molar-refractivity contribution in [1.29, 1.82) is 0 Å². The lowest BCUT2D eigenvalue weighted by atomic mass is 10.0. The number of nitrogens with zero attached hydrogens (tertiary/aromatic N) is 3. The molecule has 1 aromatic heterocycles. The molecule has 230 valence electrons. The fraction of sp³-hybridized carbons (Fsp3) is 0.278. The summed E-state index contributed by atoms with van der Waals surface area (Å²) in [6, 6.07) is 23.2. The number of methoxy groups -OCH3 is 1. The zero-order valence-electron chi connectivity index (χ0n) is 25.9. The van der Waals surface area contributed by atoms with Crippen molar-refractivity contribution < 1.29 is 23.9 Å². The molecule has 45 heavy (non-hydrogen) atoms. The Morgan fingerprint density at radius 3 is 2.53 bits per heavy atom. The minimum absolute atomic E-state index is 0.0620. The van der Waals surface area contributed by atoms with E-state index in [1.165, 1.54) is 12.5 Å². The molecule has 0 aliphatic carbocycles. The number of hydrogen-bond donors (Lipinski definition) is 1. The maximum atomic E-state index is 13.8. The van der Waals surface area contributed by atoms with E-state index in [9.17, 15) is 14.4 Å². The summed E-state index contributed by atoms with van der Waals surface area (Å²) in [5.74, 6) is 1.07. The van der Waals surface area contributed by atoms with Crippen LogP contribution in [0.1, 0.15) is 76.2 Å². The first-order chi connectivity index (χ1) is 21.7. The molecule has 2 aliphatic heterocycles. The number of anilines is 2. The van der Waals surface area contributed by atoms with Gasteiger partial charge in [0.2, 0.25) is 5.91 Å².